The van der Waals surface area contributed by atoms with Gasteiger partial charge in [0.15, 0.2) is 17.3 Å². The number of hydrogen-bond acceptors (Lipinski definition) is 9. The first-order valence-electron chi connectivity index (χ1n) is 15.4. The van der Waals surface area contributed by atoms with Gasteiger partial charge < -0.3 is 30.5 Å². The smallest absolute Gasteiger partial charge is 0.273 e. The Kier molecular flexibility index (Phi) is 6.34. The number of nitrogens with zero attached hydrogens (tertiary/aromatic N) is 6. The number of methoxy groups -OCH3 is 1. The van der Waals surface area contributed by atoms with E-state index in [4.69, 9.17) is 8.85 Å². The van der Waals surface area contributed by atoms with Gasteiger partial charge in [-0.1, -0.05) is 6.07 Å². The van der Waals surface area contributed by atoms with Gasteiger partial charge >= 0.3 is 0 Å². The largest absolute Gasteiger partial charge is 0.494 e. The van der Waals surface area contributed by atoms with E-state index in [2.05, 4.69) is 37.9 Å². The molecule has 3 N–H and O–H groups in total. The van der Waals surface area contributed by atoms with Crippen LogP contribution >= 0.6 is 0 Å². The Morgan fingerprint density at radius 2 is 1.79 bits per heavy atom. The number of carbonyl (C=O) groups is 3. The molecule has 1 aromatic carbocycles. The highest BCUT2D eigenvalue weighted by atomic mass is 16.5. The Morgan fingerprint density at radius 3 is 2.48 bits per heavy atom. The van der Waals surface area contributed by atoms with E-state index in [1.807, 2.05) is 10.2 Å². The molecule has 42 heavy (non-hydrogen) atoms. The van der Waals surface area contributed by atoms with Crippen LogP contribution in [0.4, 0.5) is 17.2 Å². The average Bonchev–Trinajstić information content (AvgIpc) is 3.53. The van der Waals surface area contributed by atoms with Crippen LogP contribution < -0.4 is 20.7 Å². The molecule has 3 aliphatic rings. The van der Waals surface area contributed by atoms with E-state index in [1.165, 1.54) is 13.2 Å². The molecule has 3 aromatic rings. The summed E-state index contributed by atoms with van der Waals surface area (Å²) < 4.78 is 29.7. The van der Waals surface area contributed by atoms with Crippen LogP contribution in [0.3, 0.4) is 0 Å². The van der Waals surface area contributed by atoms with Crippen LogP contribution in [-0.2, 0) is 11.8 Å². The van der Waals surface area contributed by atoms with Gasteiger partial charge in [0.2, 0.25) is 5.91 Å². The molecule has 2 unspecified atom stereocenters. The first-order chi connectivity index (χ1) is 21.4. The van der Waals surface area contributed by atoms with Crippen molar-refractivity contribution in [1.82, 2.24) is 35.1 Å². The Morgan fingerprint density at radius 1 is 1.02 bits per heavy atom. The summed E-state index contributed by atoms with van der Waals surface area (Å²) in [5, 5.41) is 20.2. The van der Waals surface area contributed by atoms with E-state index in [-0.39, 0.29) is 34.9 Å². The molecule has 13 nitrogen and oxygen atoms in total. The highest BCUT2D eigenvalue weighted by molar-refractivity contribution is 6.00. The Bertz CT molecular complexity index is 1640. The molecule has 2 aliphatic heterocycles. The number of nitrogens with one attached hydrogen (secondary N) is 3. The van der Waals surface area contributed by atoms with Crippen molar-refractivity contribution in [2.75, 3.05) is 57.9 Å². The van der Waals surface area contributed by atoms with Gasteiger partial charge in [0.25, 0.3) is 11.8 Å². The van der Waals surface area contributed by atoms with Crippen LogP contribution in [0.15, 0.2) is 30.3 Å². The van der Waals surface area contributed by atoms with Gasteiger partial charge in [-0.2, -0.15) is 5.10 Å². The number of para-hydroxylation sites is 1. The molecule has 2 saturated heterocycles. The van der Waals surface area contributed by atoms with Crippen molar-refractivity contribution in [2.45, 2.75) is 12.8 Å². The molecule has 2 aromatic heterocycles. The van der Waals surface area contributed by atoms with Gasteiger partial charge in [0, 0.05) is 61.9 Å². The third-order valence-electron chi connectivity index (χ3n) is 8.14. The van der Waals surface area contributed by atoms with Crippen LogP contribution in [-0.4, -0.2) is 94.8 Å². The van der Waals surface area contributed by atoms with Crippen molar-refractivity contribution in [2.24, 2.45) is 24.8 Å². The molecular weight excluding hydrogens is 538 g/mol. The maximum atomic E-state index is 13.5. The maximum absolute atomic E-state index is 13.5. The summed E-state index contributed by atoms with van der Waals surface area (Å²) in [5.74, 6) is 0.0511. The number of hydrogen-bond donors (Lipinski definition) is 3. The Hall–Kier alpha value is -4.52. The molecule has 2 atom stereocenters. The van der Waals surface area contributed by atoms with Gasteiger partial charge in [-0.15, -0.1) is 10.2 Å². The van der Waals surface area contributed by atoms with Crippen LogP contribution in [0.25, 0.3) is 11.3 Å². The third kappa shape index (κ3) is 5.27. The molecule has 0 spiro atoms. The summed E-state index contributed by atoms with van der Waals surface area (Å²) >= 11 is 0. The van der Waals surface area contributed by atoms with Crippen molar-refractivity contribution >= 4 is 34.9 Å². The fraction of sp³-hybridized carbons (Fsp3) is 0.448. The number of carbonyl (C=O) groups excluding carboxylic acids is 3. The summed E-state index contributed by atoms with van der Waals surface area (Å²) in [4.78, 5) is 43.0. The highest BCUT2D eigenvalue weighted by Crippen LogP contribution is 2.39. The number of rotatable bonds is 8. The third-order valence-corrected chi connectivity index (χ3v) is 8.14. The number of fused-ring (bicyclic) bond motifs is 1. The van der Waals surface area contributed by atoms with E-state index in [1.54, 1.807) is 36.0 Å². The van der Waals surface area contributed by atoms with Gasteiger partial charge in [-0.05, 0) is 49.9 Å². The summed E-state index contributed by atoms with van der Waals surface area (Å²) in [6.45, 7) is 0.659. The first-order valence-corrected chi connectivity index (χ1v) is 13.9. The van der Waals surface area contributed by atoms with Gasteiger partial charge in [-0.25, -0.2) is 0 Å². The minimum Gasteiger partial charge on any atom is -0.494 e. The molecule has 220 valence electrons. The van der Waals surface area contributed by atoms with Crippen molar-refractivity contribution in [1.29, 1.82) is 0 Å². The zero-order chi connectivity index (χ0) is 32.0. The molecule has 3 amide bonds. The van der Waals surface area contributed by atoms with E-state index in [0.29, 0.717) is 40.2 Å². The van der Waals surface area contributed by atoms with Crippen LogP contribution in [0.5, 0.6) is 5.75 Å². The van der Waals surface area contributed by atoms with Crippen LogP contribution in [0.2, 0.25) is 0 Å². The van der Waals surface area contributed by atoms with E-state index in [9.17, 15) is 14.4 Å². The molecule has 4 heterocycles. The van der Waals surface area contributed by atoms with Crippen molar-refractivity contribution in [3.63, 3.8) is 0 Å². The maximum Gasteiger partial charge on any atom is 0.273 e. The number of anilines is 3. The normalized spacial score (nSPS) is 21.2. The Labute approximate surface area is 247 Å². The van der Waals surface area contributed by atoms with Crippen molar-refractivity contribution in [3.8, 4) is 17.0 Å². The van der Waals surface area contributed by atoms with Crippen molar-refractivity contribution in [3.05, 3.63) is 41.7 Å². The van der Waals surface area contributed by atoms with E-state index >= 15 is 0 Å². The predicted octanol–water partition coefficient (Wildman–Crippen LogP) is 1.97. The van der Waals surface area contributed by atoms with Gasteiger partial charge in [0.1, 0.15) is 5.69 Å². The monoisotopic (exact) mass is 576 g/mol. The zero-order valence-electron chi connectivity index (χ0n) is 26.7. The van der Waals surface area contributed by atoms with E-state index in [0.717, 1.165) is 39.0 Å². The molecule has 1 saturated carbocycles. The fourth-order valence-electron chi connectivity index (χ4n) is 5.91. The topological polar surface area (TPSA) is 147 Å². The summed E-state index contributed by atoms with van der Waals surface area (Å²) in [6, 6.07) is 8.39. The number of benzene rings is 1. The fourth-order valence-corrected chi connectivity index (χ4v) is 5.91. The molecule has 0 bridgehead atoms. The lowest BCUT2D eigenvalue weighted by Gasteiger charge is -2.19. The highest BCUT2D eigenvalue weighted by Gasteiger charge is 2.41. The second-order valence-corrected chi connectivity index (χ2v) is 11.2. The molecule has 13 heteroatoms. The lowest BCUT2D eigenvalue weighted by atomic mass is 10.0. The Balaban J connectivity index is 1.29. The van der Waals surface area contributed by atoms with E-state index < -0.39 is 12.9 Å². The minimum absolute atomic E-state index is 0.0740. The summed E-state index contributed by atoms with van der Waals surface area (Å²) in [5.41, 5.74) is 1.74. The average molecular weight is 577 g/mol. The predicted molar refractivity (Wildman–Crippen MR) is 156 cm³/mol. The molecule has 3 fully saturated rings. The van der Waals surface area contributed by atoms with Crippen molar-refractivity contribution < 1.29 is 23.2 Å². The quantitative estimate of drug-likeness (QED) is 0.366. The van der Waals surface area contributed by atoms with Crippen LogP contribution in [0.1, 0.15) is 37.9 Å². The number of ether oxygens (including phenoxy) is 1. The number of aromatic nitrogens is 4. The lowest BCUT2D eigenvalue weighted by molar-refractivity contribution is -0.117. The standard InChI is InChI=1S/C29H35N9O4/c1-30-28(40)25-22(11-24(33-34-25)32-27(39)16-8-9-16)31-20-7-5-6-19(26(20)42-4)21-10-23(37(3)35-21)29(41)38-14-17-12-36(2)13-18(17)15-38/h5-7,10-11,16-18H,8-9,12-15H2,1-4H3,(H,30,40)(H2,31,32,33,39)/i1D3. The molecule has 0 radical (unpaired) electrons. The molecule has 1 aliphatic carbocycles. The molecule has 6 rings (SSSR count). The second kappa shape index (κ2) is 11.0. The van der Waals surface area contributed by atoms with Crippen LogP contribution in [0, 0.1) is 17.8 Å². The number of likely N-dealkylation sites (tertiary alicyclic amines) is 2. The first kappa shape index (κ1) is 24.1. The van der Waals surface area contributed by atoms with Gasteiger partial charge in [-0.3, -0.25) is 19.1 Å². The second-order valence-electron chi connectivity index (χ2n) is 11.2. The molecular formula is C29H35N9O4. The number of amides is 3. The zero-order valence-corrected chi connectivity index (χ0v) is 23.7. The lowest BCUT2D eigenvalue weighted by Crippen LogP contribution is -2.33. The summed E-state index contributed by atoms with van der Waals surface area (Å²) in [6.07, 6.45) is 1.57. The van der Waals surface area contributed by atoms with Gasteiger partial charge in [0.05, 0.1) is 24.2 Å². The summed E-state index contributed by atoms with van der Waals surface area (Å²) in [7, 11) is 5.32. The number of aryl methyl sites for hydroxylation is 1. The SMILES string of the molecule is [2H]C([2H])([2H])NC(=O)c1nnc(NC(=O)C2CC2)cc1Nc1cccc(-c2cc(C(=O)N3CC4CN(C)CC4C3)n(C)n2)c1OC. The minimum atomic E-state index is -2.76.